The maximum atomic E-state index is 9.71. The average Bonchev–Trinajstić information content (AvgIpc) is 2.18. The zero-order chi connectivity index (χ0) is 13.3. The number of aromatic hydroxyl groups is 1. The van der Waals surface area contributed by atoms with Crippen molar-refractivity contribution in [3.8, 4) is 5.75 Å². The van der Waals surface area contributed by atoms with Crippen LogP contribution in [0.25, 0.3) is 0 Å². The van der Waals surface area contributed by atoms with Crippen LogP contribution in [0.1, 0.15) is 26.3 Å². The summed E-state index contributed by atoms with van der Waals surface area (Å²) in [6, 6.07) is 5.03. The first kappa shape index (κ1) is 14.5. The first-order valence-electron chi connectivity index (χ1n) is 5.75. The summed E-state index contributed by atoms with van der Waals surface area (Å²) in [5.74, 6) is 0.244. The predicted molar refractivity (Wildman–Crippen MR) is 75.1 cm³/mol. The molecule has 0 amide bonds. The molecule has 2 nitrogen and oxygen atoms in total. The number of benzene rings is 1. The Hall–Kier alpha value is -0.513. The van der Waals surface area contributed by atoms with E-state index >= 15 is 0 Å². The maximum Gasteiger partial charge on any atom is 0.192 e. The lowest BCUT2D eigenvalue weighted by molar-refractivity contribution is 0.271. The number of hydrogen-bond acceptors (Lipinski definition) is 2. The van der Waals surface area contributed by atoms with Crippen LogP contribution < -0.4 is 0 Å². The second-order valence-corrected chi connectivity index (χ2v) is 11.1. The number of halogens is 1. The Bertz CT molecular complexity index is 397. The van der Waals surface area contributed by atoms with Gasteiger partial charge in [-0.15, -0.1) is 0 Å². The average molecular weight is 273 g/mol. The van der Waals surface area contributed by atoms with Crippen molar-refractivity contribution in [1.29, 1.82) is 0 Å². The Morgan fingerprint density at radius 1 is 1.29 bits per heavy atom. The Balaban J connectivity index is 2.77. The van der Waals surface area contributed by atoms with E-state index in [0.29, 0.717) is 11.6 Å². The van der Waals surface area contributed by atoms with Gasteiger partial charge in [0.15, 0.2) is 8.32 Å². The van der Waals surface area contributed by atoms with Crippen LogP contribution in [-0.2, 0) is 11.0 Å². The largest absolute Gasteiger partial charge is 0.508 e. The fraction of sp³-hybridized carbons (Fsp3) is 0.538. The maximum absolute atomic E-state index is 9.71. The van der Waals surface area contributed by atoms with Crippen molar-refractivity contribution >= 4 is 19.9 Å². The molecule has 0 bridgehead atoms. The van der Waals surface area contributed by atoms with Gasteiger partial charge in [-0.3, -0.25) is 0 Å². The van der Waals surface area contributed by atoms with E-state index in [1.54, 1.807) is 18.2 Å². The molecule has 0 unspecified atom stereocenters. The molecule has 4 heteroatoms. The Morgan fingerprint density at radius 2 is 1.88 bits per heavy atom. The molecule has 96 valence electrons. The molecule has 1 N–H and O–H groups in total. The molecular formula is C13H21ClO2Si. The fourth-order valence-corrected chi connectivity index (χ4v) is 2.29. The van der Waals surface area contributed by atoms with Gasteiger partial charge < -0.3 is 9.53 Å². The van der Waals surface area contributed by atoms with Crippen LogP contribution in [0, 0.1) is 0 Å². The molecule has 0 spiro atoms. The van der Waals surface area contributed by atoms with Gasteiger partial charge in [0.1, 0.15) is 5.75 Å². The first-order chi connectivity index (χ1) is 7.63. The summed E-state index contributed by atoms with van der Waals surface area (Å²) in [5, 5.41) is 10.5. The van der Waals surface area contributed by atoms with E-state index in [1.807, 2.05) is 0 Å². The smallest absolute Gasteiger partial charge is 0.192 e. The van der Waals surface area contributed by atoms with Gasteiger partial charge in [0.2, 0.25) is 0 Å². The minimum absolute atomic E-state index is 0.168. The van der Waals surface area contributed by atoms with Gasteiger partial charge in [-0.1, -0.05) is 32.4 Å². The van der Waals surface area contributed by atoms with E-state index in [-0.39, 0.29) is 10.8 Å². The van der Waals surface area contributed by atoms with Crippen LogP contribution in [-0.4, -0.2) is 13.4 Å². The lowest BCUT2D eigenvalue weighted by atomic mass is 10.2. The van der Waals surface area contributed by atoms with Gasteiger partial charge in [-0.25, -0.2) is 0 Å². The quantitative estimate of drug-likeness (QED) is 0.817. The fourth-order valence-electron chi connectivity index (χ4n) is 1.14. The molecule has 0 radical (unpaired) electrons. The normalized spacial score (nSPS) is 12.8. The van der Waals surface area contributed by atoms with Crippen LogP contribution in [0.15, 0.2) is 18.2 Å². The minimum Gasteiger partial charge on any atom is -0.508 e. The van der Waals surface area contributed by atoms with Crippen LogP contribution in [0.2, 0.25) is 23.2 Å². The summed E-state index contributed by atoms with van der Waals surface area (Å²) in [6.07, 6.45) is 0. The van der Waals surface area contributed by atoms with Crippen LogP contribution in [0.5, 0.6) is 5.75 Å². The molecule has 0 aromatic heterocycles. The standard InChI is InChI=1S/C13H21ClO2Si/c1-13(2,3)17(4,5)16-9-10-8-11(14)6-7-12(10)15/h6-8,15H,9H2,1-5H3. The van der Waals surface area contributed by atoms with Crippen LogP contribution >= 0.6 is 11.6 Å². The summed E-state index contributed by atoms with van der Waals surface area (Å²) in [7, 11) is -1.78. The lowest BCUT2D eigenvalue weighted by Gasteiger charge is -2.36. The van der Waals surface area contributed by atoms with Gasteiger partial charge in [0.05, 0.1) is 6.61 Å². The summed E-state index contributed by atoms with van der Waals surface area (Å²) in [4.78, 5) is 0. The molecule has 0 heterocycles. The number of phenols is 1. The Labute approximate surface area is 110 Å². The topological polar surface area (TPSA) is 29.5 Å². The molecule has 0 atom stereocenters. The molecule has 0 saturated heterocycles. The first-order valence-corrected chi connectivity index (χ1v) is 9.03. The summed E-state index contributed by atoms with van der Waals surface area (Å²) >= 11 is 5.90. The molecule has 1 aromatic rings. The number of rotatable bonds is 3. The number of phenolic OH excluding ortho intramolecular Hbond substituents is 1. The van der Waals surface area contributed by atoms with Crippen molar-refractivity contribution in [3.05, 3.63) is 28.8 Å². The van der Waals surface area contributed by atoms with E-state index in [2.05, 4.69) is 33.9 Å². The molecule has 1 aromatic carbocycles. The van der Waals surface area contributed by atoms with E-state index in [1.165, 1.54) is 0 Å². The molecule has 0 aliphatic carbocycles. The third-order valence-corrected chi connectivity index (χ3v) is 8.15. The minimum atomic E-state index is -1.78. The Kier molecular flexibility index (Phi) is 4.28. The van der Waals surface area contributed by atoms with Gasteiger partial charge >= 0.3 is 0 Å². The molecule has 17 heavy (non-hydrogen) atoms. The summed E-state index contributed by atoms with van der Waals surface area (Å²) in [6.45, 7) is 11.4. The van der Waals surface area contributed by atoms with E-state index in [4.69, 9.17) is 16.0 Å². The molecular weight excluding hydrogens is 252 g/mol. The molecule has 1 rings (SSSR count). The van der Waals surface area contributed by atoms with Crippen molar-refractivity contribution in [1.82, 2.24) is 0 Å². The molecule has 0 aliphatic rings. The third-order valence-electron chi connectivity index (χ3n) is 3.44. The molecule has 0 aliphatic heterocycles. The molecule has 0 saturated carbocycles. The van der Waals surface area contributed by atoms with Gasteiger partial charge in [0.25, 0.3) is 0 Å². The van der Waals surface area contributed by atoms with Crippen molar-refractivity contribution in [2.24, 2.45) is 0 Å². The van der Waals surface area contributed by atoms with Gasteiger partial charge in [-0.2, -0.15) is 0 Å². The van der Waals surface area contributed by atoms with Crippen LogP contribution in [0.3, 0.4) is 0 Å². The van der Waals surface area contributed by atoms with E-state index < -0.39 is 8.32 Å². The van der Waals surface area contributed by atoms with Crippen molar-refractivity contribution in [2.75, 3.05) is 0 Å². The van der Waals surface area contributed by atoms with Crippen molar-refractivity contribution in [2.45, 2.75) is 45.5 Å². The summed E-state index contributed by atoms with van der Waals surface area (Å²) < 4.78 is 6.04. The van der Waals surface area contributed by atoms with Crippen LogP contribution in [0.4, 0.5) is 0 Å². The SMILES string of the molecule is CC(C)(C)[Si](C)(C)OCc1cc(Cl)ccc1O. The molecule has 0 fully saturated rings. The third kappa shape index (κ3) is 3.73. The van der Waals surface area contributed by atoms with E-state index in [9.17, 15) is 5.11 Å². The highest BCUT2D eigenvalue weighted by Gasteiger charge is 2.37. The lowest BCUT2D eigenvalue weighted by Crippen LogP contribution is -2.40. The summed E-state index contributed by atoms with van der Waals surface area (Å²) in [5.41, 5.74) is 0.752. The van der Waals surface area contributed by atoms with Gasteiger partial charge in [-0.05, 0) is 36.3 Å². The number of hydrogen-bond donors (Lipinski definition) is 1. The Morgan fingerprint density at radius 3 is 2.41 bits per heavy atom. The monoisotopic (exact) mass is 272 g/mol. The van der Waals surface area contributed by atoms with Crippen molar-refractivity contribution in [3.63, 3.8) is 0 Å². The van der Waals surface area contributed by atoms with Crippen molar-refractivity contribution < 1.29 is 9.53 Å². The highest BCUT2D eigenvalue weighted by molar-refractivity contribution is 6.74. The second kappa shape index (κ2) is 5.00. The van der Waals surface area contributed by atoms with E-state index in [0.717, 1.165) is 5.56 Å². The predicted octanol–water partition coefficient (Wildman–Crippen LogP) is 4.57. The second-order valence-electron chi connectivity index (χ2n) is 5.82. The highest BCUT2D eigenvalue weighted by atomic mass is 35.5. The van der Waals surface area contributed by atoms with Gasteiger partial charge in [0, 0.05) is 10.6 Å². The zero-order valence-corrected chi connectivity index (χ0v) is 12.9. The highest BCUT2D eigenvalue weighted by Crippen LogP contribution is 2.37. The zero-order valence-electron chi connectivity index (χ0n) is 11.2.